The molecule has 1 fully saturated rings. The topological polar surface area (TPSA) is 61.0 Å². The van der Waals surface area contributed by atoms with Gasteiger partial charge in [-0.3, -0.25) is 0 Å². The van der Waals surface area contributed by atoms with E-state index >= 15 is 0 Å². The summed E-state index contributed by atoms with van der Waals surface area (Å²) in [5.74, 6) is 0.846. The molecule has 16 heavy (non-hydrogen) atoms. The number of rotatable bonds is 4. The summed E-state index contributed by atoms with van der Waals surface area (Å²) in [6.45, 7) is 2.83. The minimum absolute atomic E-state index is 0.406. The summed E-state index contributed by atoms with van der Waals surface area (Å²) in [6, 6.07) is 0. The van der Waals surface area contributed by atoms with Gasteiger partial charge < -0.3 is 10.5 Å². The van der Waals surface area contributed by atoms with Crippen molar-refractivity contribution < 1.29 is 4.74 Å². The maximum absolute atomic E-state index is 5.87. The van der Waals surface area contributed by atoms with Crippen molar-refractivity contribution in [3.05, 3.63) is 5.01 Å². The summed E-state index contributed by atoms with van der Waals surface area (Å²) >= 11 is 1.41. The van der Waals surface area contributed by atoms with E-state index in [2.05, 4.69) is 17.1 Å². The van der Waals surface area contributed by atoms with Gasteiger partial charge in [-0.15, -0.1) is 10.2 Å². The predicted molar refractivity (Wildman–Crippen MR) is 65.1 cm³/mol. The predicted octanol–water partition coefficient (Wildman–Crippen LogP) is 2.61. The molecule has 0 bridgehead atoms. The Hall–Kier alpha value is -0.680. The number of nitrogen functional groups attached to an aromatic ring is 1. The maximum Gasteiger partial charge on any atom is 0.203 e. The van der Waals surface area contributed by atoms with E-state index in [9.17, 15) is 0 Å². The minimum atomic E-state index is 0.406. The van der Waals surface area contributed by atoms with E-state index < -0.39 is 0 Å². The molecular weight excluding hydrogens is 222 g/mol. The number of anilines is 1. The standard InChI is InChI=1S/C11H19N3OS/c1-2-8-4-3-5-9(6-8)15-7-10-13-14-11(12)16-10/h8-9H,2-7H2,1H3,(H2,12,14). The fourth-order valence-electron chi connectivity index (χ4n) is 2.28. The maximum atomic E-state index is 5.87. The third-order valence-corrected chi connectivity index (χ3v) is 3.96. The van der Waals surface area contributed by atoms with Crippen molar-refractivity contribution in [3.8, 4) is 0 Å². The summed E-state index contributed by atoms with van der Waals surface area (Å²) in [4.78, 5) is 0. The molecule has 2 N–H and O–H groups in total. The Morgan fingerprint density at radius 1 is 1.44 bits per heavy atom. The molecule has 1 aliphatic carbocycles. The van der Waals surface area contributed by atoms with Crippen molar-refractivity contribution in [2.24, 2.45) is 5.92 Å². The monoisotopic (exact) mass is 241 g/mol. The molecule has 0 amide bonds. The molecule has 0 radical (unpaired) electrons. The van der Waals surface area contributed by atoms with E-state index in [0.29, 0.717) is 17.8 Å². The summed E-state index contributed by atoms with van der Waals surface area (Å²) in [5, 5.41) is 9.14. The first-order valence-corrected chi connectivity index (χ1v) is 6.79. The van der Waals surface area contributed by atoms with Crippen molar-refractivity contribution in [1.29, 1.82) is 0 Å². The molecule has 1 heterocycles. The lowest BCUT2D eigenvalue weighted by Gasteiger charge is -2.28. The lowest BCUT2D eigenvalue weighted by Crippen LogP contribution is -2.22. The molecule has 4 nitrogen and oxygen atoms in total. The van der Waals surface area contributed by atoms with Crippen LogP contribution in [-0.4, -0.2) is 16.3 Å². The van der Waals surface area contributed by atoms with E-state index in [1.165, 1.54) is 43.4 Å². The fourth-order valence-corrected chi connectivity index (χ4v) is 2.81. The lowest BCUT2D eigenvalue weighted by atomic mass is 9.85. The summed E-state index contributed by atoms with van der Waals surface area (Å²) in [5.41, 5.74) is 5.52. The molecule has 0 saturated heterocycles. The Labute approximate surface area is 100 Å². The smallest absolute Gasteiger partial charge is 0.203 e. The quantitative estimate of drug-likeness (QED) is 0.880. The van der Waals surface area contributed by atoms with Crippen LogP contribution < -0.4 is 5.73 Å². The van der Waals surface area contributed by atoms with Crippen LogP contribution >= 0.6 is 11.3 Å². The Bertz CT molecular complexity index is 329. The first-order chi connectivity index (χ1) is 7.78. The van der Waals surface area contributed by atoms with Gasteiger partial charge in [0, 0.05) is 0 Å². The van der Waals surface area contributed by atoms with Crippen molar-refractivity contribution >= 4 is 16.5 Å². The molecule has 0 aromatic carbocycles. The van der Waals surface area contributed by atoms with Crippen LogP contribution in [-0.2, 0) is 11.3 Å². The summed E-state index contributed by atoms with van der Waals surface area (Å²) in [6.07, 6.45) is 6.72. The van der Waals surface area contributed by atoms with Gasteiger partial charge in [-0.2, -0.15) is 0 Å². The average molecular weight is 241 g/mol. The van der Waals surface area contributed by atoms with E-state index in [0.717, 1.165) is 10.9 Å². The molecule has 90 valence electrons. The zero-order valence-electron chi connectivity index (χ0n) is 9.69. The number of nitrogens with zero attached hydrogens (tertiary/aromatic N) is 2. The molecule has 1 saturated carbocycles. The fraction of sp³-hybridized carbons (Fsp3) is 0.818. The molecule has 1 aromatic heterocycles. The Balaban J connectivity index is 1.77. The van der Waals surface area contributed by atoms with Crippen LogP contribution in [0.4, 0.5) is 5.13 Å². The van der Waals surface area contributed by atoms with Crippen LogP contribution in [0.25, 0.3) is 0 Å². The van der Waals surface area contributed by atoms with Crippen LogP contribution in [0.5, 0.6) is 0 Å². The van der Waals surface area contributed by atoms with Gasteiger partial charge in [-0.25, -0.2) is 0 Å². The Morgan fingerprint density at radius 3 is 3.00 bits per heavy atom. The molecule has 2 atom stereocenters. The molecule has 0 aliphatic heterocycles. The first kappa shape index (κ1) is 11.8. The Kier molecular flexibility index (Phi) is 4.12. The van der Waals surface area contributed by atoms with Crippen molar-refractivity contribution in [1.82, 2.24) is 10.2 Å². The highest BCUT2D eigenvalue weighted by atomic mass is 32.1. The molecule has 1 aliphatic rings. The van der Waals surface area contributed by atoms with Gasteiger partial charge in [0.05, 0.1) is 6.10 Å². The van der Waals surface area contributed by atoms with Gasteiger partial charge in [0.1, 0.15) is 11.6 Å². The van der Waals surface area contributed by atoms with Crippen LogP contribution in [0.1, 0.15) is 44.0 Å². The molecule has 1 aromatic rings. The van der Waals surface area contributed by atoms with Crippen LogP contribution in [0.2, 0.25) is 0 Å². The van der Waals surface area contributed by atoms with Crippen LogP contribution in [0.3, 0.4) is 0 Å². The van der Waals surface area contributed by atoms with Gasteiger partial charge in [0.2, 0.25) is 5.13 Å². The third kappa shape index (κ3) is 3.15. The normalized spacial score (nSPS) is 25.8. The van der Waals surface area contributed by atoms with Crippen molar-refractivity contribution in [3.63, 3.8) is 0 Å². The summed E-state index contributed by atoms with van der Waals surface area (Å²) in [7, 11) is 0. The lowest BCUT2D eigenvalue weighted by molar-refractivity contribution is 0.00150. The highest BCUT2D eigenvalue weighted by molar-refractivity contribution is 7.15. The summed E-state index contributed by atoms with van der Waals surface area (Å²) < 4.78 is 5.87. The molecule has 2 unspecified atom stereocenters. The number of nitrogens with two attached hydrogens (primary N) is 1. The first-order valence-electron chi connectivity index (χ1n) is 5.97. The van der Waals surface area contributed by atoms with Crippen LogP contribution in [0.15, 0.2) is 0 Å². The van der Waals surface area contributed by atoms with E-state index in [1.54, 1.807) is 0 Å². The number of ether oxygens (including phenoxy) is 1. The van der Waals surface area contributed by atoms with Gasteiger partial charge in [0.15, 0.2) is 0 Å². The number of hydrogen-bond acceptors (Lipinski definition) is 5. The number of aromatic nitrogens is 2. The largest absolute Gasteiger partial charge is 0.374 e. The van der Waals surface area contributed by atoms with Crippen molar-refractivity contribution in [2.45, 2.75) is 51.7 Å². The van der Waals surface area contributed by atoms with Crippen LogP contribution in [0, 0.1) is 5.92 Å². The van der Waals surface area contributed by atoms with Gasteiger partial charge in [-0.1, -0.05) is 37.5 Å². The second-order valence-electron chi connectivity index (χ2n) is 4.41. The Morgan fingerprint density at radius 2 is 2.31 bits per heavy atom. The molecule has 0 spiro atoms. The molecule has 5 heteroatoms. The molecular formula is C11H19N3OS. The second kappa shape index (κ2) is 5.59. The third-order valence-electron chi connectivity index (χ3n) is 3.24. The second-order valence-corrected chi connectivity index (χ2v) is 5.50. The highest BCUT2D eigenvalue weighted by Gasteiger charge is 2.21. The van der Waals surface area contributed by atoms with E-state index in [1.807, 2.05) is 0 Å². The van der Waals surface area contributed by atoms with Gasteiger partial charge in [-0.05, 0) is 18.8 Å². The highest BCUT2D eigenvalue weighted by Crippen LogP contribution is 2.29. The van der Waals surface area contributed by atoms with Crippen molar-refractivity contribution in [2.75, 3.05) is 5.73 Å². The zero-order valence-corrected chi connectivity index (χ0v) is 10.5. The van der Waals surface area contributed by atoms with Gasteiger partial charge >= 0.3 is 0 Å². The van der Waals surface area contributed by atoms with E-state index in [4.69, 9.17) is 10.5 Å². The number of hydrogen-bond donors (Lipinski definition) is 1. The van der Waals surface area contributed by atoms with Gasteiger partial charge in [0.25, 0.3) is 0 Å². The average Bonchev–Trinajstić information content (AvgIpc) is 2.73. The SMILES string of the molecule is CCC1CCCC(OCc2nnc(N)s2)C1. The van der Waals surface area contributed by atoms with E-state index in [-0.39, 0.29) is 0 Å². The minimum Gasteiger partial charge on any atom is -0.374 e. The molecule has 2 rings (SSSR count). The zero-order chi connectivity index (χ0) is 11.4.